The number of hydrogen-bond donors (Lipinski definition) is 4. The number of carbonyl (C=O) groups excluding carboxylic acids is 3. The molecule has 3 aromatic carbocycles. The minimum absolute atomic E-state index is 0.0376. The maximum absolute atomic E-state index is 14.9. The Hall–Kier alpha value is -3.87. The van der Waals surface area contributed by atoms with Crippen LogP contribution in [0.2, 0.25) is 18.6 Å². The average molecular weight is 669 g/mol. The number of ether oxygens (including phenoxy) is 1. The maximum atomic E-state index is 14.9. The number of para-hydroxylation sites is 1. The first kappa shape index (κ1) is 32.7. The molecule has 48 heavy (non-hydrogen) atoms. The van der Waals surface area contributed by atoms with Crippen molar-refractivity contribution in [3.63, 3.8) is 0 Å². The molecular weight excluding hydrogens is 625 g/mol. The van der Waals surface area contributed by atoms with Gasteiger partial charge in [-0.25, -0.2) is 0 Å². The summed E-state index contributed by atoms with van der Waals surface area (Å²) in [6.45, 7) is 6.61. The highest BCUT2D eigenvalue weighted by Gasteiger charge is 2.67. The molecule has 1 spiro atoms. The van der Waals surface area contributed by atoms with E-state index in [9.17, 15) is 24.3 Å². The minimum Gasteiger partial charge on any atom is -0.432 e. The Morgan fingerprint density at radius 2 is 1.79 bits per heavy atom. The van der Waals surface area contributed by atoms with Crippen LogP contribution >= 0.6 is 0 Å². The molecule has 7 rings (SSSR count). The van der Waals surface area contributed by atoms with Gasteiger partial charge >= 0.3 is 0 Å². The predicted octanol–water partition coefficient (Wildman–Crippen LogP) is 4.19. The number of fused-ring (bicyclic) bond motifs is 3. The van der Waals surface area contributed by atoms with Crippen LogP contribution in [0.1, 0.15) is 42.9 Å². The van der Waals surface area contributed by atoms with Crippen molar-refractivity contribution in [2.24, 2.45) is 5.92 Å². The SMILES string of the molecule is C[C@H]1[C@H]([Si](C)(C)O)[C@@H](CC(=O)N2Cc3ccccc3C[C@H]2CO)O[C@]12C(=O)N(c1ccccc1)c1ccc(NC(=O)[C@H]3CCCN3)cc12. The summed E-state index contributed by atoms with van der Waals surface area (Å²) in [7, 11) is -3.05. The van der Waals surface area contributed by atoms with Crippen LogP contribution in [-0.4, -0.2) is 72.2 Å². The Labute approximate surface area is 282 Å². The zero-order valence-corrected chi connectivity index (χ0v) is 28.7. The standard InChI is InChI=1S/C37H44N4O6Si/c1-23-34(48(2,3)46)32(20-33(43)40-21-25-11-8-7-10-24(25)18-28(40)22-42)47-37(23)29-19-26(39-35(44)30-14-9-17-38-30)15-16-31(29)41(36(37)45)27-12-5-4-6-13-27/h4-8,10-13,15-16,19,23,28,30,32,34,38,42,46H,9,14,17-18,20-22H2,1-3H3,(H,39,44)/t23-,28-,30+,32+,34-,37+/m0/s1. The second-order valence-corrected chi connectivity index (χ2v) is 18.2. The number of nitrogens with one attached hydrogen (secondary N) is 2. The molecular formula is C37H44N4O6Si. The number of anilines is 3. The van der Waals surface area contributed by atoms with E-state index in [1.807, 2.05) is 86.7 Å². The normalized spacial score (nSPS) is 28.1. The van der Waals surface area contributed by atoms with Gasteiger partial charge in [-0.2, -0.15) is 0 Å². The number of nitrogens with zero attached hydrogens (tertiary/aromatic N) is 2. The van der Waals surface area contributed by atoms with E-state index in [4.69, 9.17) is 4.74 Å². The van der Waals surface area contributed by atoms with Crippen molar-refractivity contribution in [3.05, 3.63) is 89.5 Å². The van der Waals surface area contributed by atoms with E-state index in [2.05, 4.69) is 10.6 Å². The first-order chi connectivity index (χ1) is 23.0. The van der Waals surface area contributed by atoms with Crippen molar-refractivity contribution in [3.8, 4) is 0 Å². The Balaban J connectivity index is 1.26. The Morgan fingerprint density at radius 3 is 2.48 bits per heavy atom. The average Bonchev–Trinajstić information content (AvgIpc) is 3.77. The third-order valence-electron chi connectivity index (χ3n) is 10.8. The van der Waals surface area contributed by atoms with E-state index in [0.717, 1.165) is 30.5 Å². The number of aliphatic hydroxyl groups excluding tert-OH is 1. The fraction of sp³-hybridized carbons (Fsp3) is 0.432. The van der Waals surface area contributed by atoms with Crippen LogP contribution in [-0.2, 0) is 37.7 Å². The molecule has 4 N–H and O–H groups in total. The summed E-state index contributed by atoms with van der Waals surface area (Å²) in [4.78, 5) is 57.3. The fourth-order valence-electron chi connectivity index (χ4n) is 8.58. The summed E-state index contributed by atoms with van der Waals surface area (Å²) in [5.41, 5.74) is 2.70. The second kappa shape index (κ2) is 12.5. The van der Waals surface area contributed by atoms with E-state index in [1.165, 1.54) is 0 Å². The van der Waals surface area contributed by atoms with Crippen molar-refractivity contribution >= 4 is 43.1 Å². The summed E-state index contributed by atoms with van der Waals surface area (Å²) in [5.74, 6) is -1.08. The largest absolute Gasteiger partial charge is 0.432 e. The topological polar surface area (TPSA) is 131 Å². The van der Waals surface area contributed by atoms with Crippen LogP contribution in [0.3, 0.4) is 0 Å². The third-order valence-corrected chi connectivity index (χ3v) is 13.3. The molecule has 4 aliphatic heterocycles. The summed E-state index contributed by atoms with van der Waals surface area (Å²) >= 11 is 0. The lowest BCUT2D eigenvalue weighted by Crippen LogP contribution is -2.48. The number of aliphatic hydroxyl groups is 1. The van der Waals surface area contributed by atoms with Crippen molar-refractivity contribution in [1.29, 1.82) is 0 Å². The van der Waals surface area contributed by atoms with Crippen LogP contribution in [0.4, 0.5) is 17.1 Å². The molecule has 0 aliphatic carbocycles. The van der Waals surface area contributed by atoms with Gasteiger partial charge in [-0.3, -0.25) is 19.3 Å². The predicted molar refractivity (Wildman–Crippen MR) is 185 cm³/mol. The molecule has 0 unspecified atom stereocenters. The molecule has 10 nitrogen and oxygen atoms in total. The molecule has 0 bridgehead atoms. The summed E-state index contributed by atoms with van der Waals surface area (Å²) in [6.07, 6.45) is 1.46. The van der Waals surface area contributed by atoms with Gasteiger partial charge in [0, 0.05) is 34.9 Å². The molecule has 4 heterocycles. The van der Waals surface area contributed by atoms with Crippen LogP contribution in [0, 0.1) is 5.92 Å². The number of amides is 3. The lowest BCUT2D eigenvalue weighted by molar-refractivity contribution is -0.150. The molecule has 2 saturated heterocycles. The summed E-state index contributed by atoms with van der Waals surface area (Å²) in [5, 5.41) is 16.6. The van der Waals surface area contributed by atoms with Gasteiger partial charge in [-0.05, 0) is 80.4 Å². The Kier molecular flexibility index (Phi) is 8.53. The highest BCUT2D eigenvalue weighted by atomic mass is 28.4. The number of hydrogen-bond acceptors (Lipinski definition) is 7. The highest BCUT2D eigenvalue weighted by Crippen LogP contribution is 2.61. The first-order valence-electron chi connectivity index (χ1n) is 17.0. The first-order valence-corrected chi connectivity index (χ1v) is 20.0. The van der Waals surface area contributed by atoms with Gasteiger partial charge in [0.1, 0.15) is 0 Å². The molecule has 252 valence electrons. The van der Waals surface area contributed by atoms with Gasteiger partial charge in [0.2, 0.25) is 11.8 Å². The van der Waals surface area contributed by atoms with Crippen molar-refractivity contribution in [2.75, 3.05) is 23.4 Å². The third kappa shape index (κ3) is 5.47. The molecule has 2 fully saturated rings. The van der Waals surface area contributed by atoms with Crippen molar-refractivity contribution in [2.45, 2.75) is 81.6 Å². The fourth-order valence-corrected chi connectivity index (χ4v) is 11.1. The molecule has 3 aromatic rings. The zero-order chi connectivity index (χ0) is 33.8. The van der Waals surface area contributed by atoms with Gasteiger partial charge in [-0.1, -0.05) is 49.4 Å². The summed E-state index contributed by atoms with van der Waals surface area (Å²) < 4.78 is 6.96. The van der Waals surface area contributed by atoms with E-state index in [0.29, 0.717) is 35.6 Å². The minimum atomic E-state index is -3.05. The molecule has 4 aliphatic rings. The van der Waals surface area contributed by atoms with E-state index in [-0.39, 0.29) is 42.8 Å². The zero-order valence-electron chi connectivity index (χ0n) is 27.7. The van der Waals surface area contributed by atoms with Gasteiger partial charge in [0.25, 0.3) is 5.91 Å². The lowest BCUT2D eigenvalue weighted by Gasteiger charge is -2.37. The van der Waals surface area contributed by atoms with Crippen molar-refractivity contribution in [1.82, 2.24) is 10.2 Å². The molecule has 0 radical (unpaired) electrons. The lowest BCUT2D eigenvalue weighted by atomic mass is 9.82. The Morgan fingerprint density at radius 1 is 1.06 bits per heavy atom. The maximum Gasteiger partial charge on any atom is 0.268 e. The van der Waals surface area contributed by atoms with Crippen LogP contribution < -0.4 is 15.5 Å². The summed E-state index contributed by atoms with van der Waals surface area (Å²) in [6, 6.07) is 22.2. The van der Waals surface area contributed by atoms with Gasteiger partial charge < -0.3 is 30.2 Å². The number of benzene rings is 3. The molecule has 3 amide bonds. The molecule has 11 heteroatoms. The monoisotopic (exact) mass is 668 g/mol. The molecule has 6 atom stereocenters. The van der Waals surface area contributed by atoms with Crippen LogP contribution in [0.25, 0.3) is 0 Å². The smallest absolute Gasteiger partial charge is 0.268 e. The van der Waals surface area contributed by atoms with E-state index >= 15 is 0 Å². The molecule has 0 saturated carbocycles. The van der Waals surface area contributed by atoms with Crippen LogP contribution in [0.5, 0.6) is 0 Å². The van der Waals surface area contributed by atoms with Crippen LogP contribution in [0.15, 0.2) is 72.8 Å². The van der Waals surface area contributed by atoms with E-state index in [1.54, 1.807) is 15.9 Å². The second-order valence-electron chi connectivity index (χ2n) is 14.2. The Bertz CT molecular complexity index is 1720. The quantitative estimate of drug-likeness (QED) is 0.278. The molecule has 0 aromatic heterocycles. The van der Waals surface area contributed by atoms with Gasteiger partial charge in [0.05, 0.1) is 36.9 Å². The van der Waals surface area contributed by atoms with Gasteiger partial charge in [-0.15, -0.1) is 0 Å². The number of rotatable bonds is 7. The highest BCUT2D eigenvalue weighted by molar-refractivity contribution is 6.71. The van der Waals surface area contributed by atoms with Crippen molar-refractivity contribution < 1.29 is 29.0 Å². The van der Waals surface area contributed by atoms with E-state index < -0.39 is 31.5 Å². The van der Waals surface area contributed by atoms with Gasteiger partial charge in [0.15, 0.2) is 13.9 Å². The number of carbonyl (C=O) groups is 3.